The monoisotopic (exact) mass is 261 g/mol. The van der Waals surface area contributed by atoms with E-state index in [1.165, 1.54) is 7.11 Å². The molecule has 0 aliphatic rings. The molecule has 0 aromatic carbocycles. The smallest absolute Gasteiger partial charge is 0.305 e. The fourth-order valence-corrected chi connectivity index (χ4v) is 1.78. The zero-order chi connectivity index (χ0) is 13.1. The van der Waals surface area contributed by atoms with Crippen LogP contribution in [0.1, 0.15) is 39.5 Å². The molecule has 0 saturated heterocycles. The Hall–Kier alpha value is -0.710. The van der Waals surface area contributed by atoms with Crippen LogP contribution < -0.4 is 5.32 Å². The van der Waals surface area contributed by atoms with Crippen molar-refractivity contribution in [1.29, 1.82) is 0 Å². The number of unbranched alkanes of at least 4 members (excludes halogenated alkanes) is 2. The van der Waals surface area contributed by atoms with Crippen LogP contribution in [-0.4, -0.2) is 36.5 Å². The number of carbonyl (C=O) groups is 2. The summed E-state index contributed by atoms with van der Waals surface area (Å²) < 4.78 is 4.54. The topological polar surface area (TPSA) is 55.4 Å². The van der Waals surface area contributed by atoms with E-state index in [0.717, 1.165) is 19.3 Å². The quantitative estimate of drug-likeness (QED) is 0.509. The fourth-order valence-electron chi connectivity index (χ4n) is 1.19. The molecule has 0 unspecified atom stereocenters. The van der Waals surface area contributed by atoms with E-state index in [1.54, 1.807) is 11.8 Å². The molecule has 1 N–H and O–H groups in total. The highest BCUT2D eigenvalue weighted by Crippen LogP contribution is 2.07. The SMILES string of the molecule is COC(=O)CCCCCNC(=O)CSC(C)C. The Morgan fingerprint density at radius 3 is 2.53 bits per heavy atom. The molecule has 0 aromatic heterocycles. The number of rotatable bonds is 9. The van der Waals surface area contributed by atoms with Gasteiger partial charge in [0.05, 0.1) is 12.9 Å². The first-order valence-corrected chi connectivity index (χ1v) is 7.06. The fraction of sp³-hybridized carbons (Fsp3) is 0.833. The molecule has 0 radical (unpaired) electrons. The number of hydrogen-bond acceptors (Lipinski definition) is 4. The molecule has 1 amide bonds. The van der Waals surface area contributed by atoms with Crippen LogP contribution in [0, 0.1) is 0 Å². The van der Waals surface area contributed by atoms with Gasteiger partial charge in [0.25, 0.3) is 0 Å². The second-order valence-corrected chi connectivity index (χ2v) is 5.66. The van der Waals surface area contributed by atoms with E-state index in [-0.39, 0.29) is 11.9 Å². The summed E-state index contributed by atoms with van der Waals surface area (Å²) in [5.74, 6) is 0.457. The predicted octanol–water partition coefficient (Wildman–Crippen LogP) is 1.98. The van der Waals surface area contributed by atoms with Crippen molar-refractivity contribution in [3.63, 3.8) is 0 Å². The summed E-state index contributed by atoms with van der Waals surface area (Å²) >= 11 is 1.64. The number of esters is 1. The predicted molar refractivity (Wildman–Crippen MR) is 71.1 cm³/mol. The van der Waals surface area contributed by atoms with Gasteiger partial charge in [0.1, 0.15) is 0 Å². The summed E-state index contributed by atoms with van der Waals surface area (Å²) in [4.78, 5) is 22.1. The lowest BCUT2D eigenvalue weighted by Crippen LogP contribution is -2.26. The summed E-state index contributed by atoms with van der Waals surface area (Å²) in [6, 6.07) is 0. The zero-order valence-electron chi connectivity index (χ0n) is 11.0. The molecular formula is C12H23NO3S. The molecule has 0 rings (SSSR count). The first kappa shape index (κ1) is 16.3. The van der Waals surface area contributed by atoms with Crippen LogP contribution in [0.4, 0.5) is 0 Å². The third kappa shape index (κ3) is 11.6. The van der Waals surface area contributed by atoms with Gasteiger partial charge in [-0.15, -0.1) is 11.8 Å². The van der Waals surface area contributed by atoms with Gasteiger partial charge in [0.2, 0.25) is 5.91 Å². The molecule has 100 valence electrons. The minimum atomic E-state index is -0.164. The van der Waals surface area contributed by atoms with E-state index in [2.05, 4.69) is 23.9 Å². The molecule has 0 aliphatic carbocycles. The summed E-state index contributed by atoms with van der Waals surface area (Å²) in [6.07, 6.45) is 3.14. The van der Waals surface area contributed by atoms with Gasteiger partial charge in [-0.1, -0.05) is 20.3 Å². The second kappa shape index (κ2) is 10.4. The Morgan fingerprint density at radius 1 is 1.24 bits per heavy atom. The van der Waals surface area contributed by atoms with Crippen molar-refractivity contribution in [2.24, 2.45) is 0 Å². The zero-order valence-corrected chi connectivity index (χ0v) is 11.8. The van der Waals surface area contributed by atoms with E-state index in [1.807, 2.05) is 0 Å². The number of thioether (sulfide) groups is 1. The van der Waals surface area contributed by atoms with E-state index < -0.39 is 0 Å². The van der Waals surface area contributed by atoms with Gasteiger partial charge in [0.15, 0.2) is 0 Å². The van der Waals surface area contributed by atoms with E-state index in [4.69, 9.17) is 0 Å². The van der Waals surface area contributed by atoms with Crippen molar-refractivity contribution >= 4 is 23.6 Å². The lowest BCUT2D eigenvalue weighted by molar-refractivity contribution is -0.140. The minimum Gasteiger partial charge on any atom is -0.469 e. The lowest BCUT2D eigenvalue weighted by Gasteiger charge is -2.06. The van der Waals surface area contributed by atoms with Crippen LogP contribution in [0.25, 0.3) is 0 Å². The first-order chi connectivity index (χ1) is 8.06. The van der Waals surface area contributed by atoms with Crippen molar-refractivity contribution in [2.45, 2.75) is 44.8 Å². The largest absolute Gasteiger partial charge is 0.469 e. The van der Waals surface area contributed by atoms with Gasteiger partial charge in [-0.2, -0.15) is 0 Å². The molecule has 0 fully saturated rings. The van der Waals surface area contributed by atoms with E-state index in [9.17, 15) is 9.59 Å². The molecule has 0 aromatic rings. The van der Waals surface area contributed by atoms with Gasteiger partial charge in [-0.3, -0.25) is 9.59 Å². The van der Waals surface area contributed by atoms with Crippen LogP contribution in [-0.2, 0) is 14.3 Å². The molecule has 0 spiro atoms. The average Bonchev–Trinajstić information content (AvgIpc) is 2.30. The molecule has 17 heavy (non-hydrogen) atoms. The van der Waals surface area contributed by atoms with Crippen molar-refractivity contribution in [3.8, 4) is 0 Å². The van der Waals surface area contributed by atoms with Crippen LogP contribution in [0.15, 0.2) is 0 Å². The van der Waals surface area contributed by atoms with Crippen molar-refractivity contribution in [3.05, 3.63) is 0 Å². The number of hydrogen-bond donors (Lipinski definition) is 1. The lowest BCUT2D eigenvalue weighted by atomic mass is 10.2. The number of nitrogens with one attached hydrogen (secondary N) is 1. The van der Waals surface area contributed by atoms with E-state index >= 15 is 0 Å². The number of methoxy groups -OCH3 is 1. The maximum atomic E-state index is 11.3. The molecule has 4 nitrogen and oxygen atoms in total. The number of amides is 1. The Labute approximate surface area is 108 Å². The molecular weight excluding hydrogens is 238 g/mol. The molecule has 5 heteroatoms. The molecule has 0 bridgehead atoms. The number of carbonyl (C=O) groups excluding carboxylic acids is 2. The van der Waals surface area contributed by atoms with Gasteiger partial charge in [-0.25, -0.2) is 0 Å². The van der Waals surface area contributed by atoms with Crippen LogP contribution in [0.5, 0.6) is 0 Å². The highest BCUT2D eigenvalue weighted by molar-refractivity contribution is 8.00. The van der Waals surface area contributed by atoms with Crippen molar-refractivity contribution in [1.82, 2.24) is 5.32 Å². The van der Waals surface area contributed by atoms with Gasteiger partial charge in [0, 0.05) is 13.0 Å². The summed E-state index contributed by atoms with van der Waals surface area (Å²) in [6.45, 7) is 4.84. The minimum absolute atomic E-state index is 0.0941. The Morgan fingerprint density at radius 2 is 1.94 bits per heavy atom. The van der Waals surface area contributed by atoms with E-state index in [0.29, 0.717) is 24.0 Å². The third-order valence-electron chi connectivity index (χ3n) is 2.16. The van der Waals surface area contributed by atoms with Gasteiger partial charge in [-0.05, 0) is 18.1 Å². The summed E-state index contributed by atoms with van der Waals surface area (Å²) in [7, 11) is 1.40. The summed E-state index contributed by atoms with van der Waals surface area (Å²) in [5, 5.41) is 3.35. The summed E-state index contributed by atoms with van der Waals surface area (Å²) in [5.41, 5.74) is 0. The van der Waals surface area contributed by atoms with Gasteiger partial charge >= 0.3 is 5.97 Å². The van der Waals surface area contributed by atoms with Crippen LogP contribution in [0.3, 0.4) is 0 Å². The number of ether oxygens (including phenoxy) is 1. The Kier molecular flexibility index (Phi) is 10.0. The van der Waals surface area contributed by atoms with Crippen LogP contribution in [0.2, 0.25) is 0 Å². The molecule has 0 atom stereocenters. The third-order valence-corrected chi connectivity index (χ3v) is 3.25. The standard InChI is InChI=1S/C12H23NO3S/c1-10(2)17-9-11(14)13-8-6-4-5-7-12(15)16-3/h10H,4-9H2,1-3H3,(H,13,14). The molecule has 0 aliphatic heterocycles. The Bertz CT molecular complexity index is 232. The first-order valence-electron chi connectivity index (χ1n) is 6.01. The highest BCUT2D eigenvalue weighted by Gasteiger charge is 2.03. The normalized spacial score (nSPS) is 10.4. The maximum Gasteiger partial charge on any atom is 0.305 e. The molecule has 0 heterocycles. The van der Waals surface area contributed by atoms with Crippen molar-refractivity contribution in [2.75, 3.05) is 19.4 Å². The van der Waals surface area contributed by atoms with Crippen LogP contribution >= 0.6 is 11.8 Å². The highest BCUT2D eigenvalue weighted by atomic mass is 32.2. The Balaban J connectivity index is 3.27. The van der Waals surface area contributed by atoms with Gasteiger partial charge < -0.3 is 10.1 Å². The maximum absolute atomic E-state index is 11.3. The van der Waals surface area contributed by atoms with Crippen molar-refractivity contribution < 1.29 is 14.3 Å². The average molecular weight is 261 g/mol. The molecule has 0 saturated carbocycles. The second-order valence-electron chi connectivity index (χ2n) is 4.10.